The summed E-state index contributed by atoms with van der Waals surface area (Å²) in [4.78, 5) is 15.5. The lowest BCUT2D eigenvalue weighted by Crippen LogP contribution is -2.39. The fraction of sp³-hybridized carbons (Fsp3) is 0.240. The fourth-order valence-corrected chi connectivity index (χ4v) is 4.12. The molecule has 0 saturated heterocycles. The predicted molar refractivity (Wildman–Crippen MR) is 115 cm³/mol. The van der Waals surface area contributed by atoms with Crippen molar-refractivity contribution in [2.75, 3.05) is 20.8 Å². The zero-order valence-corrected chi connectivity index (χ0v) is 17.0. The number of benzene rings is 3. The van der Waals surface area contributed by atoms with Crippen LogP contribution in [-0.4, -0.2) is 31.6 Å². The van der Waals surface area contributed by atoms with Crippen molar-refractivity contribution in [2.45, 2.75) is 19.4 Å². The number of nitrogens with zero attached hydrogens (tertiary/aromatic N) is 1. The second-order valence-corrected chi connectivity index (χ2v) is 7.24. The SMILES string of the molecule is COc1cc2c(cc1OC)[C@@H](C)N(C(=O)c1ccccc1-c1ccccc1)CC2. The molecule has 0 saturated carbocycles. The van der Waals surface area contributed by atoms with Crippen molar-refractivity contribution in [3.05, 3.63) is 83.4 Å². The predicted octanol–water partition coefficient (Wildman–Crippen LogP) is 5.13. The van der Waals surface area contributed by atoms with Crippen molar-refractivity contribution < 1.29 is 14.3 Å². The molecule has 148 valence electrons. The van der Waals surface area contributed by atoms with Gasteiger partial charge in [0, 0.05) is 12.1 Å². The second-order valence-electron chi connectivity index (χ2n) is 7.24. The molecule has 1 atom stereocenters. The van der Waals surface area contributed by atoms with Gasteiger partial charge in [-0.25, -0.2) is 0 Å². The maximum Gasteiger partial charge on any atom is 0.254 e. The van der Waals surface area contributed by atoms with E-state index in [0.29, 0.717) is 12.3 Å². The van der Waals surface area contributed by atoms with Crippen molar-refractivity contribution in [3.8, 4) is 22.6 Å². The van der Waals surface area contributed by atoms with Gasteiger partial charge in [-0.05, 0) is 53.8 Å². The molecule has 1 aliphatic rings. The molecule has 0 aromatic heterocycles. The number of hydrogen-bond donors (Lipinski definition) is 0. The van der Waals surface area contributed by atoms with Gasteiger partial charge < -0.3 is 14.4 Å². The summed E-state index contributed by atoms with van der Waals surface area (Å²) in [5, 5.41) is 0. The Kier molecular flexibility index (Phi) is 5.26. The molecule has 4 rings (SSSR count). The molecule has 4 nitrogen and oxygen atoms in total. The van der Waals surface area contributed by atoms with Crippen molar-refractivity contribution >= 4 is 5.91 Å². The van der Waals surface area contributed by atoms with Crippen molar-refractivity contribution in [1.82, 2.24) is 4.90 Å². The largest absolute Gasteiger partial charge is 0.493 e. The molecule has 3 aromatic rings. The highest BCUT2D eigenvalue weighted by Gasteiger charge is 2.30. The van der Waals surface area contributed by atoms with Crippen LogP contribution in [0.15, 0.2) is 66.7 Å². The van der Waals surface area contributed by atoms with Gasteiger partial charge in [-0.3, -0.25) is 4.79 Å². The van der Waals surface area contributed by atoms with E-state index in [1.54, 1.807) is 14.2 Å². The molecular weight excluding hydrogens is 362 g/mol. The van der Waals surface area contributed by atoms with E-state index in [2.05, 4.69) is 6.92 Å². The quantitative estimate of drug-likeness (QED) is 0.623. The summed E-state index contributed by atoms with van der Waals surface area (Å²) in [5.74, 6) is 1.47. The van der Waals surface area contributed by atoms with Gasteiger partial charge >= 0.3 is 0 Å². The van der Waals surface area contributed by atoms with Crippen LogP contribution in [0.2, 0.25) is 0 Å². The zero-order chi connectivity index (χ0) is 20.4. The molecule has 0 fully saturated rings. The number of methoxy groups -OCH3 is 2. The minimum absolute atomic E-state index is 0.0464. The normalized spacial score (nSPS) is 15.6. The number of rotatable bonds is 4. The number of amides is 1. The summed E-state index contributed by atoms with van der Waals surface area (Å²) in [5.41, 5.74) is 5.06. The van der Waals surface area contributed by atoms with E-state index in [9.17, 15) is 4.79 Å². The van der Waals surface area contributed by atoms with Gasteiger partial charge in [0.2, 0.25) is 0 Å². The highest BCUT2D eigenvalue weighted by molar-refractivity contribution is 6.01. The Balaban J connectivity index is 1.70. The summed E-state index contributed by atoms with van der Waals surface area (Å²) in [6.45, 7) is 2.75. The van der Waals surface area contributed by atoms with E-state index in [-0.39, 0.29) is 11.9 Å². The molecule has 0 aliphatic carbocycles. The number of carbonyl (C=O) groups is 1. The van der Waals surface area contributed by atoms with Crippen LogP contribution in [-0.2, 0) is 6.42 Å². The molecule has 1 heterocycles. The van der Waals surface area contributed by atoms with Gasteiger partial charge in [-0.1, -0.05) is 48.5 Å². The summed E-state index contributed by atoms with van der Waals surface area (Å²) >= 11 is 0. The second kappa shape index (κ2) is 8.00. The molecule has 0 radical (unpaired) electrons. The molecule has 29 heavy (non-hydrogen) atoms. The van der Waals surface area contributed by atoms with Crippen LogP contribution < -0.4 is 9.47 Å². The lowest BCUT2D eigenvalue weighted by atomic mass is 9.91. The van der Waals surface area contributed by atoms with E-state index in [1.807, 2.05) is 71.6 Å². The van der Waals surface area contributed by atoms with Crippen LogP contribution in [0.3, 0.4) is 0 Å². The minimum Gasteiger partial charge on any atom is -0.493 e. The average Bonchev–Trinajstić information content (AvgIpc) is 2.78. The van der Waals surface area contributed by atoms with Gasteiger partial charge in [0.1, 0.15) is 0 Å². The third kappa shape index (κ3) is 3.46. The number of hydrogen-bond acceptors (Lipinski definition) is 3. The van der Waals surface area contributed by atoms with Crippen LogP contribution in [0.4, 0.5) is 0 Å². The Morgan fingerprint density at radius 1 is 0.931 bits per heavy atom. The van der Waals surface area contributed by atoms with Gasteiger partial charge in [0.15, 0.2) is 11.5 Å². The van der Waals surface area contributed by atoms with Crippen molar-refractivity contribution in [3.63, 3.8) is 0 Å². The molecule has 1 aliphatic heterocycles. The maximum absolute atomic E-state index is 13.6. The first-order valence-electron chi connectivity index (χ1n) is 9.84. The summed E-state index contributed by atoms with van der Waals surface area (Å²) in [6.07, 6.45) is 0.791. The van der Waals surface area contributed by atoms with E-state index in [0.717, 1.165) is 34.4 Å². The monoisotopic (exact) mass is 387 g/mol. The van der Waals surface area contributed by atoms with Gasteiger partial charge in [0.25, 0.3) is 5.91 Å². The topological polar surface area (TPSA) is 38.8 Å². The van der Waals surface area contributed by atoms with E-state index < -0.39 is 0 Å². The fourth-order valence-electron chi connectivity index (χ4n) is 4.12. The van der Waals surface area contributed by atoms with Gasteiger partial charge in [-0.15, -0.1) is 0 Å². The standard InChI is InChI=1S/C25H25NO3/c1-17-22-16-24(29-3)23(28-2)15-19(22)13-14-26(17)25(27)21-12-8-7-11-20(21)18-9-5-4-6-10-18/h4-12,15-17H,13-14H2,1-3H3/t17-/m1/s1. The first-order valence-corrected chi connectivity index (χ1v) is 9.84. The third-order valence-corrected chi connectivity index (χ3v) is 5.69. The summed E-state index contributed by atoms with van der Waals surface area (Å²) in [7, 11) is 3.28. The Labute approximate surface area is 171 Å². The van der Waals surface area contributed by atoms with Crippen LogP contribution in [0.5, 0.6) is 11.5 Å². The lowest BCUT2D eigenvalue weighted by Gasteiger charge is -2.36. The highest BCUT2D eigenvalue weighted by Crippen LogP contribution is 2.39. The molecule has 1 amide bonds. The Bertz CT molecular complexity index is 1030. The summed E-state index contributed by atoms with van der Waals surface area (Å²) < 4.78 is 10.9. The van der Waals surface area contributed by atoms with Crippen molar-refractivity contribution in [2.24, 2.45) is 0 Å². The molecule has 4 heteroatoms. The average molecular weight is 387 g/mol. The summed E-state index contributed by atoms with van der Waals surface area (Å²) in [6, 6.07) is 21.9. The minimum atomic E-state index is -0.0464. The molecule has 0 spiro atoms. The van der Waals surface area contributed by atoms with E-state index in [1.165, 1.54) is 5.56 Å². The molecule has 3 aromatic carbocycles. The smallest absolute Gasteiger partial charge is 0.254 e. The molecule has 0 bridgehead atoms. The number of fused-ring (bicyclic) bond motifs is 1. The van der Waals surface area contributed by atoms with Crippen LogP contribution in [0.1, 0.15) is 34.5 Å². The highest BCUT2D eigenvalue weighted by atomic mass is 16.5. The van der Waals surface area contributed by atoms with E-state index in [4.69, 9.17) is 9.47 Å². The molecule has 0 unspecified atom stereocenters. The third-order valence-electron chi connectivity index (χ3n) is 5.69. The van der Waals surface area contributed by atoms with E-state index >= 15 is 0 Å². The Hall–Kier alpha value is -3.27. The lowest BCUT2D eigenvalue weighted by molar-refractivity contribution is 0.0678. The molecular formula is C25H25NO3. The Morgan fingerprint density at radius 2 is 1.59 bits per heavy atom. The molecule has 0 N–H and O–H groups in total. The van der Waals surface area contributed by atoms with Gasteiger partial charge in [0.05, 0.1) is 20.3 Å². The van der Waals surface area contributed by atoms with Crippen LogP contribution in [0, 0.1) is 0 Å². The van der Waals surface area contributed by atoms with Gasteiger partial charge in [-0.2, -0.15) is 0 Å². The zero-order valence-electron chi connectivity index (χ0n) is 17.0. The van der Waals surface area contributed by atoms with Crippen molar-refractivity contribution in [1.29, 1.82) is 0 Å². The number of carbonyl (C=O) groups excluding carboxylic acids is 1. The first kappa shape index (κ1) is 19.1. The Morgan fingerprint density at radius 3 is 2.31 bits per heavy atom. The van der Waals surface area contributed by atoms with Crippen LogP contribution >= 0.6 is 0 Å². The first-order chi connectivity index (χ1) is 14.1. The number of ether oxygens (including phenoxy) is 2. The maximum atomic E-state index is 13.6. The van der Waals surface area contributed by atoms with Crippen LogP contribution in [0.25, 0.3) is 11.1 Å².